The molecule has 1 atom stereocenters. The van der Waals surface area contributed by atoms with Crippen LogP contribution in [0.15, 0.2) is 48.5 Å². The number of hydrogen-bond acceptors (Lipinski definition) is 5. The third-order valence-electron chi connectivity index (χ3n) is 3.94. The van der Waals surface area contributed by atoms with E-state index >= 15 is 0 Å². The number of methoxy groups -OCH3 is 1. The first-order valence-electron chi connectivity index (χ1n) is 8.86. The molecule has 0 saturated carbocycles. The highest BCUT2D eigenvalue weighted by Crippen LogP contribution is 2.18. The van der Waals surface area contributed by atoms with Gasteiger partial charge in [0.25, 0.3) is 5.91 Å². The number of rotatable bonds is 9. The molecule has 2 aromatic carbocycles. The van der Waals surface area contributed by atoms with Gasteiger partial charge in [0.2, 0.25) is 0 Å². The molecule has 2 aromatic rings. The maximum atomic E-state index is 12.4. The molecule has 0 unspecified atom stereocenters. The normalized spacial score (nSPS) is 11.5. The molecule has 0 aliphatic rings. The van der Waals surface area contributed by atoms with Gasteiger partial charge in [-0.15, -0.1) is 0 Å². The predicted octanol–water partition coefficient (Wildman–Crippen LogP) is 3.46. The fourth-order valence-electron chi connectivity index (χ4n) is 2.43. The SMILES string of the molecule is CCc1ccccc1NC(=O)c1ccc(O[C@@H](C)C(=O)OCCOC)cc1. The fraction of sp³-hybridized carbons (Fsp3) is 0.333. The number of anilines is 1. The van der Waals surface area contributed by atoms with Crippen LogP contribution in [0.2, 0.25) is 0 Å². The van der Waals surface area contributed by atoms with Crippen LogP contribution in [0.1, 0.15) is 29.8 Å². The molecule has 0 fully saturated rings. The topological polar surface area (TPSA) is 73.9 Å². The Balaban J connectivity index is 1.94. The Kier molecular flexibility index (Phi) is 7.82. The highest BCUT2D eigenvalue weighted by molar-refractivity contribution is 6.04. The Morgan fingerprint density at radius 3 is 2.41 bits per heavy atom. The number of esters is 1. The first-order valence-corrected chi connectivity index (χ1v) is 8.86. The lowest BCUT2D eigenvalue weighted by Crippen LogP contribution is -2.27. The van der Waals surface area contributed by atoms with Gasteiger partial charge in [-0.1, -0.05) is 25.1 Å². The van der Waals surface area contributed by atoms with E-state index in [4.69, 9.17) is 14.2 Å². The molecule has 0 spiro atoms. The van der Waals surface area contributed by atoms with Crippen LogP contribution in [-0.4, -0.2) is 38.3 Å². The zero-order chi connectivity index (χ0) is 19.6. The largest absolute Gasteiger partial charge is 0.479 e. The fourth-order valence-corrected chi connectivity index (χ4v) is 2.43. The van der Waals surface area contributed by atoms with Crippen LogP contribution in [0.4, 0.5) is 5.69 Å². The molecule has 0 bridgehead atoms. The molecule has 0 aliphatic heterocycles. The van der Waals surface area contributed by atoms with Gasteiger partial charge in [-0.05, 0) is 49.2 Å². The van der Waals surface area contributed by atoms with Crippen molar-refractivity contribution in [3.63, 3.8) is 0 Å². The highest BCUT2D eigenvalue weighted by atomic mass is 16.6. The Morgan fingerprint density at radius 2 is 1.74 bits per heavy atom. The maximum absolute atomic E-state index is 12.4. The minimum absolute atomic E-state index is 0.182. The molecule has 6 heteroatoms. The predicted molar refractivity (Wildman–Crippen MR) is 103 cm³/mol. The Hall–Kier alpha value is -2.86. The quantitative estimate of drug-likeness (QED) is 0.540. The Bertz CT molecular complexity index is 757. The van der Waals surface area contributed by atoms with E-state index in [-0.39, 0.29) is 12.5 Å². The van der Waals surface area contributed by atoms with Gasteiger partial charge >= 0.3 is 5.97 Å². The second-order valence-electron chi connectivity index (χ2n) is 5.91. The highest BCUT2D eigenvalue weighted by Gasteiger charge is 2.16. The molecule has 0 aromatic heterocycles. The number of carbonyl (C=O) groups is 2. The monoisotopic (exact) mass is 371 g/mol. The number of benzene rings is 2. The first-order chi connectivity index (χ1) is 13.0. The van der Waals surface area contributed by atoms with Crippen molar-refractivity contribution >= 4 is 17.6 Å². The number of ether oxygens (including phenoxy) is 3. The summed E-state index contributed by atoms with van der Waals surface area (Å²) in [6, 6.07) is 14.3. The van der Waals surface area contributed by atoms with Crippen molar-refractivity contribution < 1.29 is 23.8 Å². The minimum Gasteiger partial charge on any atom is -0.479 e. The number of carbonyl (C=O) groups excluding carboxylic acids is 2. The minimum atomic E-state index is -0.752. The summed E-state index contributed by atoms with van der Waals surface area (Å²) >= 11 is 0. The van der Waals surface area contributed by atoms with E-state index in [1.165, 1.54) is 7.11 Å². The zero-order valence-electron chi connectivity index (χ0n) is 15.9. The van der Waals surface area contributed by atoms with E-state index in [1.54, 1.807) is 31.2 Å². The average Bonchev–Trinajstić information content (AvgIpc) is 2.69. The smallest absolute Gasteiger partial charge is 0.347 e. The van der Waals surface area contributed by atoms with Crippen LogP contribution in [0, 0.1) is 0 Å². The summed E-state index contributed by atoms with van der Waals surface area (Å²) in [5, 5.41) is 2.92. The van der Waals surface area contributed by atoms with E-state index in [2.05, 4.69) is 5.32 Å². The number of hydrogen-bond donors (Lipinski definition) is 1. The number of para-hydroxylation sites is 1. The van der Waals surface area contributed by atoms with Gasteiger partial charge in [0.15, 0.2) is 6.10 Å². The zero-order valence-corrected chi connectivity index (χ0v) is 15.9. The summed E-state index contributed by atoms with van der Waals surface area (Å²) in [4.78, 5) is 24.2. The van der Waals surface area contributed by atoms with Crippen molar-refractivity contribution in [1.29, 1.82) is 0 Å². The lowest BCUT2D eigenvalue weighted by atomic mass is 10.1. The standard InChI is InChI=1S/C21H25NO5/c1-4-16-7-5-6-8-19(16)22-20(23)17-9-11-18(12-10-17)27-15(2)21(24)26-14-13-25-3/h5-12,15H,4,13-14H2,1-3H3,(H,22,23)/t15-/m0/s1. The van der Waals surface area contributed by atoms with Crippen molar-refractivity contribution in [2.45, 2.75) is 26.4 Å². The molecule has 0 aliphatic carbocycles. The molecule has 2 rings (SSSR count). The van der Waals surface area contributed by atoms with Gasteiger partial charge < -0.3 is 19.5 Å². The van der Waals surface area contributed by atoms with E-state index in [0.717, 1.165) is 17.7 Å². The van der Waals surface area contributed by atoms with Gasteiger partial charge in [0, 0.05) is 18.4 Å². The summed E-state index contributed by atoms with van der Waals surface area (Å²) < 4.78 is 15.4. The van der Waals surface area contributed by atoms with Gasteiger partial charge in [0.1, 0.15) is 12.4 Å². The van der Waals surface area contributed by atoms with Crippen LogP contribution in [0.5, 0.6) is 5.75 Å². The number of nitrogens with one attached hydrogen (secondary N) is 1. The third-order valence-corrected chi connectivity index (χ3v) is 3.94. The molecule has 0 radical (unpaired) electrons. The van der Waals surface area contributed by atoms with Gasteiger partial charge in [-0.25, -0.2) is 4.79 Å². The van der Waals surface area contributed by atoms with Crippen molar-refractivity contribution in [3.05, 3.63) is 59.7 Å². The van der Waals surface area contributed by atoms with Crippen LogP contribution < -0.4 is 10.1 Å². The number of aryl methyl sites for hydroxylation is 1. The van der Waals surface area contributed by atoms with Crippen molar-refractivity contribution in [2.24, 2.45) is 0 Å². The second-order valence-corrected chi connectivity index (χ2v) is 5.91. The molecular formula is C21H25NO5. The Labute approximate surface area is 159 Å². The van der Waals surface area contributed by atoms with Crippen molar-refractivity contribution in [1.82, 2.24) is 0 Å². The average molecular weight is 371 g/mol. The van der Waals surface area contributed by atoms with E-state index in [9.17, 15) is 9.59 Å². The molecule has 1 amide bonds. The molecular weight excluding hydrogens is 346 g/mol. The summed E-state index contributed by atoms with van der Waals surface area (Å²) in [6.07, 6.45) is 0.0830. The molecule has 1 N–H and O–H groups in total. The molecule has 6 nitrogen and oxygen atoms in total. The summed E-state index contributed by atoms with van der Waals surface area (Å²) in [6.45, 7) is 4.17. The molecule has 144 valence electrons. The van der Waals surface area contributed by atoms with E-state index in [0.29, 0.717) is 17.9 Å². The first kappa shape index (κ1) is 20.5. The Morgan fingerprint density at radius 1 is 1.04 bits per heavy atom. The summed E-state index contributed by atoms with van der Waals surface area (Å²) in [7, 11) is 1.53. The van der Waals surface area contributed by atoms with Gasteiger partial charge in [0.05, 0.1) is 6.61 Å². The lowest BCUT2D eigenvalue weighted by molar-refractivity contribution is -0.152. The lowest BCUT2D eigenvalue weighted by Gasteiger charge is -2.14. The molecule has 0 heterocycles. The maximum Gasteiger partial charge on any atom is 0.347 e. The van der Waals surface area contributed by atoms with Crippen LogP contribution in [0.25, 0.3) is 0 Å². The van der Waals surface area contributed by atoms with E-state index in [1.807, 2.05) is 31.2 Å². The van der Waals surface area contributed by atoms with Crippen molar-refractivity contribution in [3.8, 4) is 5.75 Å². The summed E-state index contributed by atoms with van der Waals surface area (Å²) in [5.74, 6) is -0.184. The summed E-state index contributed by atoms with van der Waals surface area (Å²) in [5.41, 5.74) is 2.38. The van der Waals surface area contributed by atoms with Crippen LogP contribution >= 0.6 is 0 Å². The molecule has 0 saturated heterocycles. The number of amides is 1. The van der Waals surface area contributed by atoms with Gasteiger partial charge in [-0.2, -0.15) is 0 Å². The van der Waals surface area contributed by atoms with Crippen molar-refractivity contribution in [2.75, 3.05) is 25.6 Å². The van der Waals surface area contributed by atoms with Gasteiger partial charge in [-0.3, -0.25) is 4.79 Å². The van der Waals surface area contributed by atoms with Crippen LogP contribution in [0.3, 0.4) is 0 Å². The second kappa shape index (κ2) is 10.3. The van der Waals surface area contributed by atoms with Crippen LogP contribution in [-0.2, 0) is 20.7 Å². The third kappa shape index (κ3) is 6.11. The van der Waals surface area contributed by atoms with E-state index < -0.39 is 12.1 Å². The molecule has 27 heavy (non-hydrogen) atoms.